The van der Waals surface area contributed by atoms with Gasteiger partial charge in [0, 0.05) is 89.2 Å². The van der Waals surface area contributed by atoms with Crippen molar-refractivity contribution in [3.8, 4) is 0 Å². The molecule has 0 aliphatic carbocycles. The second kappa shape index (κ2) is 29.8. The van der Waals surface area contributed by atoms with Crippen LogP contribution in [-0.4, -0.2) is 117 Å². The van der Waals surface area contributed by atoms with E-state index >= 15 is 0 Å². The van der Waals surface area contributed by atoms with Crippen molar-refractivity contribution < 1.29 is 34.5 Å². The van der Waals surface area contributed by atoms with Gasteiger partial charge in [0.25, 0.3) is 5.91 Å². The van der Waals surface area contributed by atoms with Crippen molar-refractivity contribution in [2.45, 2.75) is 97.6 Å². The van der Waals surface area contributed by atoms with Crippen LogP contribution < -0.4 is 42.1 Å². The van der Waals surface area contributed by atoms with E-state index in [9.17, 15) is 29.4 Å². The number of carbonyl (C=O) groups is 4. The van der Waals surface area contributed by atoms with Crippen molar-refractivity contribution in [2.75, 3.05) is 68.4 Å². The number of nitrogens with one attached hydrogen (secondary N) is 5. The number of nitrogens with two attached hydrogens (primary N) is 1. The highest BCUT2D eigenvalue weighted by Crippen LogP contribution is 2.30. The maximum absolute atomic E-state index is 12.9. The highest BCUT2D eigenvalue weighted by atomic mass is 16.4. The molecule has 0 saturated carbocycles. The van der Waals surface area contributed by atoms with Crippen LogP contribution in [0.1, 0.15) is 104 Å². The lowest BCUT2D eigenvalue weighted by Crippen LogP contribution is -2.41. The predicted molar refractivity (Wildman–Crippen MR) is 330 cm³/mol. The molecule has 0 spiro atoms. The Morgan fingerprint density at radius 1 is 0.595 bits per heavy atom. The van der Waals surface area contributed by atoms with Crippen LogP contribution in [0.25, 0.3) is 11.3 Å². The minimum absolute atomic E-state index is 0. The van der Waals surface area contributed by atoms with Gasteiger partial charge in [-0.05, 0) is 161 Å². The van der Waals surface area contributed by atoms with E-state index < -0.39 is 5.97 Å². The summed E-state index contributed by atoms with van der Waals surface area (Å²) in [7, 11) is 0. The van der Waals surface area contributed by atoms with Crippen molar-refractivity contribution in [2.24, 2.45) is 0 Å². The van der Waals surface area contributed by atoms with Crippen LogP contribution >= 0.6 is 0 Å². The number of nitrogens with zero attached hydrogens (tertiary/aromatic N) is 10. The fraction of sp³-hybridized carbons (Fsp3) is 0.311. The highest BCUT2D eigenvalue weighted by molar-refractivity contribution is 6.05. The number of carboxylic acids is 1. The average molecular weight is 1140 g/mol. The first-order chi connectivity index (χ1) is 40.3. The van der Waals surface area contributed by atoms with E-state index in [2.05, 4.69) is 73.6 Å². The number of nitrogen functional groups attached to an aromatic ring is 1. The number of aliphatic hydroxyl groups excluding tert-OH is 2. The zero-order chi connectivity index (χ0) is 58.8. The molecule has 84 heavy (non-hydrogen) atoms. The molecular formula is C61H74N16O7. The normalized spacial score (nSPS) is 14.6. The largest absolute Gasteiger partial charge is 0.478 e. The van der Waals surface area contributed by atoms with Gasteiger partial charge in [-0.25, -0.2) is 4.79 Å². The molecular weight excluding hydrogens is 1070 g/mol. The van der Waals surface area contributed by atoms with Gasteiger partial charge >= 0.3 is 5.97 Å². The van der Waals surface area contributed by atoms with Gasteiger partial charge in [-0.3, -0.25) is 14.4 Å². The van der Waals surface area contributed by atoms with Crippen molar-refractivity contribution in [1.82, 2.24) is 39.2 Å². The molecule has 6 heterocycles. The van der Waals surface area contributed by atoms with E-state index in [1.807, 2.05) is 54.9 Å². The Hall–Kier alpha value is -9.74. The van der Waals surface area contributed by atoms with Crippen LogP contribution in [-0.2, 0) is 22.4 Å². The van der Waals surface area contributed by atoms with Crippen molar-refractivity contribution >= 4 is 92.9 Å². The summed E-state index contributed by atoms with van der Waals surface area (Å²) < 4.78 is 3.45. The Morgan fingerprint density at radius 2 is 1.05 bits per heavy atom. The highest BCUT2D eigenvalue weighted by Gasteiger charge is 2.28. The first-order valence-electron chi connectivity index (χ1n) is 27.7. The summed E-state index contributed by atoms with van der Waals surface area (Å²) in [4.78, 5) is 69.6. The summed E-state index contributed by atoms with van der Waals surface area (Å²) in [5, 5.41) is 51.5. The van der Waals surface area contributed by atoms with Crippen LogP contribution in [0.15, 0.2) is 135 Å². The Labute approximate surface area is 487 Å². The van der Waals surface area contributed by atoms with Gasteiger partial charge in [-0.1, -0.05) is 46.6 Å². The molecule has 10 N–H and O–H groups in total. The molecule has 8 aromatic rings. The summed E-state index contributed by atoms with van der Waals surface area (Å²) in [6, 6.07) is 27.8. The molecule has 10 rings (SSSR count). The third-order valence-electron chi connectivity index (χ3n) is 14.0. The molecule has 440 valence electrons. The average Bonchev–Trinajstić information content (AvgIpc) is 3.33. The van der Waals surface area contributed by atoms with Gasteiger partial charge < -0.3 is 57.4 Å². The Kier molecular flexibility index (Phi) is 22.0. The van der Waals surface area contributed by atoms with Crippen molar-refractivity contribution in [1.29, 1.82) is 0 Å². The Balaban J connectivity index is 0.000000203. The lowest BCUT2D eigenvalue weighted by atomic mass is 10.0. The predicted octanol–water partition coefficient (Wildman–Crippen LogP) is 9.45. The maximum Gasteiger partial charge on any atom is 0.335 e. The number of aromatic carboxylic acids is 1. The summed E-state index contributed by atoms with van der Waals surface area (Å²) in [5.74, 6) is 0.506. The van der Waals surface area contributed by atoms with E-state index in [1.165, 1.54) is 36.8 Å². The molecule has 4 aromatic heterocycles. The number of anilines is 10. The number of fused-ring (bicyclic) bond motifs is 2. The summed E-state index contributed by atoms with van der Waals surface area (Å²) in [5.41, 5.74) is 14.2. The van der Waals surface area contributed by atoms with E-state index in [1.54, 1.807) is 39.4 Å². The monoisotopic (exact) mass is 1140 g/mol. The summed E-state index contributed by atoms with van der Waals surface area (Å²) in [6.07, 6.45) is 15.5. The van der Waals surface area contributed by atoms with Gasteiger partial charge in [-0.2, -0.15) is 39.2 Å². The quantitative estimate of drug-likeness (QED) is 0.0269. The number of benzene rings is 4. The number of amides is 3. The fourth-order valence-electron chi connectivity index (χ4n) is 9.71. The standard InChI is InChI=1S/C30H34N8O3.C20H27N7O.C10H9NO3.CH4/c1-3-20-19-31-38-27(20)35-29(37-16-6-5-10-25(37)15-17-39)36-30(38)34-24-9-7-8-23(18-24)33-28(41)21-11-13-22(14-12-21)32-26(40)4-2;1-2-14-13-22-27-18(14)24-19(26-10-4-3-8-17(26)9-11-28)25-20(27)23-16-7-5-6-15(21)12-16;1-2-9(12)11-8-5-3-7(4-6-8)10(13)14;/h4,7-9,11-14,18-19,25,39H,2-3,5-6,10,15-17H2,1H3,(H,32,40)(H,33,41)(H,34,35,36);5-7,12-13,17,28H,2-4,8-11,21H2,1H3,(H,23,24,25);2-6H,1H2,(H,11,12)(H,13,14);1H4. The first kappa shape index (κ1) is 61.9. The topological polar surface area (TPSA) is 308 Å². The van der Waals surface area contributed by atoms with Crippen LogP contribution in [0.2, 0.25) is 0 Å². The smallest absolute Gasteiger partial charge is 0.335 e. The van der Waals surface area contributed by atoms with Gasteiger partial charge in [0.1, 0.15) is 0 Å². The SMILES string of the molecule is C.C=CC(=O)Nc1ccc(C(=O)Nc2cccc(Nc3nc(N4CCCCC4CCO)nc4c(CC)cnn34)c2)cc1.C=CC(=O)Nc1ccc(C(=O)O)cc1.CCc1cnn2c(Nc3cccc(N)c3)nc(N3CCCCC3CCO)nc12. The van der Waals surface area contributed by atoms with E-state index in [0.717, 1.165) is 104 Å². The Bertz CT molecular complexity index is 3550. The van der Waals surface area contributed by atoms with Crippen LogP contribution in [0.5, 0.6) is 0 Å². The van der Waals surface area contributed by atoms with E-state index in [-0.39, 0.29) is 56.0 Å². The molecule has 2 unspecified atom stereocenters. The number of hydrogen-bond donors (Lipinski definition) is 9. The minimum atomic E-state index is -0.994. The molecule has 2 aliphatic rings. The molecule has 23 nitrogen and oxygen atoms in total. The molecule has 0 bridgehead atoms. The van der Waals surface area contributed by atoms with Gasteiger partial charge in [0.05, 0.1) is 18.0 Å². The fourth-order valence-corrected chi connectivity index (χ4v) is 9.71. The van der Waals surface area contributed by atoms with E-state index in [0.29, 0.717) is 58.5 Å². The number of hydrogen-bond acceptors (Lipinski definition) is 17. The number of aromatic nitrogens is 8. The summed E-state index contributed by atoms with van der Waals surface area (Å²) in [6.45, 7) is 12.9. The first-order valence-corrected chi connectivity index (χ1v) is 27.7. The molecule has 2 fully saturated rings. The van der Waals surface area contributed by atoms with E-state index in [4.69, 9.17) is 30.8 Å². The molecule has 2 saturated heterocycles. The van der Waals surface area contributed by atoms with Gasteiger partial charge in [0.15, 0.2) is 11.3 Å². The number of aryl methyl sites for hydroxylation is 2. The molecule has 2 aliphatic heterocycles. The van der Waals surface area contributed by atoms with Crippen LogP contribution in [0.4, 0.5) is 57.9 Å². The Morgan fingerprint density at radius 3 is 1.49 bits per heavy atom. The maximum atomic E-state index is 12.9. The molecule has 3 amide bonds. The zero-order valence-electron chi connectivity index (χ0n) is 46.5. The van der Waals surface area contributed by atoms with Gasteiger partial charge in [0.2, 0.25) is 35.6 Å². The van der Waals surface area contributed by atoms with Gasteiger partial charge in [-0.15, -0.1) is 0 Å². The van der Waals surface area contributed by atoms with Crippen LogP contribution in [0, 0.1) is 0 Å². The second-order valence-electron chi connectivity index (χ2n) is 19.7. The molecule has 2 atom stereocenters. The number of carboxylic acid groups (broad SMARTS) is 1. The third kappa shape index (κ3) is 15.8. The van der Waals surface area contributed by atoms with Crippen LogP contribution in [0.3, 0.4) is 0 Å². The number of rotatable bonds is 19. The summed E-state index contributed by atoms with van der Waals surface area (Å²) >= 11 is 0. The zero-order valence-corrected chi connectivity index (χ0v) is 46.5. The lowest BCUT2D eigenvalue weighted by molar-refractivity contribution is -0.112. The number of aliphatic hydroxyl groups is 2. The molecule has 4 aromatic carbocycles. The number of carbonyl (C=O) groups excluding carboxylic acids is 3. The van der Waals surface area contributed by atoms with Crippen molar-refractivity contribution in [3.05, 3.63) is 157 Å². The third-order valence-corrected chi connectivity index (χ3v) is 14.0. The minimum Gasteiger partial charge on any atom is -0.478 e. The lowest BCUT2D eigenvalue weighted by Gasteiger charge is -2.35. The molecule has 0 radical (unpaired) electrons. The number of piperidine rings is 2. The molecule has 23 heteroatoms. The van der Waals surface area contributed by atoms with Crippen molar-refractivity contribution in [3.63, 3.8) is 0 Å². The second-order valence-corrected chi connectivity index (χ2v) is 19.7.